The molecule has 0 saturated heterocycles. The molecule has 2 aliphatic rings. The summed E-state index contributed by atoms with van der Waals surface area (Å²) in [5.74, 6) is 0.883. The van der Waals surface area contributed by atoms with Crippen molar-refractivity contribution in [3.05, 3.63) is 47.3 Å². The van der Waals surface area contributed by atoms with Crippen LogP contribution in [0.15, 0.2) is 30.5 Å². The number of urea groups is 1. The Kier molecular flexibility index (Phi) is 4.59. The minimum absolute atomic E-state index is 0.129. The molecule has 0 spiro atoms. The average molecular weight is 340 g/mol. The molecule has 1 aromatic carbocycles. The molecule has 0 aliphatic heterocycles. The van der Waals surface area contributed by atoms with Crippen molar-refractivity contribution >= 4 is 6.03 Å². The Morgan fingerprint density at radius 1 is 1.28 bits per heavy atom. The van der Waals surface area contributed by atoms with Gasteiger partial charge in [-0.1, -0.05) is 18.2 Å². The fraction of sp³-hybridized carbons (Fsp3) is 0.474. The van der Waals surface area contributed by atoms with E-state index in [-0.39, 0.29) is 12.1 Å². The number of hydrogen-bond donors (Lipinski definition) is 3. The van der Waals surface area contributed by atoms with Gasteiger partial charge < -0.3 is 15.4 Å². The highest BCUT2D eigenvalue weighted by molar-refractivity contribution is 5.74. The number of para-hydroxylation sites is 1. The fourth-order valence-corrected chi connectivity index (χ4v) is 3.38. The largest absolute Gasteiger partial charge is 0.490 e. The van der Waals surface area contributed by atoms with E-state index in [2.05, 4.69) is 20.8 Å². The van der Waals surface area contributed by atoms with Gasteiger partial charge in [-0.3, -0.25) is 5.10 Å². The van der Waals surface area contributed by atoms with Gasteiger partial charge in [0.1, 0.15) is 5.75 Å². The number of amides is 2. The first-order chi connectivity index (χ1) is 12.3. The molecule has 2 aromatic rings. The van der Waals surface area contributed by atoms with Crippen molar-refractivity contribution in [2.24, 2.45) is 0 Å². The highest BCUT2D eigenvalue weighted by atomic mass is 16.5. The Hall–Kier alpha value is -2.50. The Balaban J connectivity index is 1.29. The number of H-pyrrole nitrogens is 1. The third-order valence-corrected chi connectivity index (χ3v) is 5.11. The number of aryl methyl sites for hydroxylation is 1. The van der Waals surface area contributed by atoms with Gasteiger partial charge in [0.05, 0.1) is 12.3 Å². The highest BCUT2D eigenvalue weighted by Crippen LogP contribution is 2.27. The van der Waals surface area contributed by atoms with E-state index in [1.807, 2.05) is 30.5 Å². The molecule has 2 aliphatic carbocycles. The smallest absolute Gasteiger partial charge is 0.315 e. The molecule has 0 unspecified atom stereocenters. The van der Waals surface area contributed by atoms with E-state index in [1.165, 1.54) is 17.7 Å². The fourth-order valence-electron chi connectivity index (χ4n) is 3.38. The summed E-state index contributed by atoms with van der Waals surface area (Å²) in [7, 11) is 0. The maximum Gasteiger partial charge on any atom is 0.315 e. The number of carbonyl (C=O) groups excluding carboxylic acids is 1. The number of ether oxygens (including phenoxy) is 1. The monoisotopic (exact) mass is 340 g/mol. The van der Waals surface area contributed by atoms with Gasteiger partial charge in [-0.25, -0.2) is 4.79 Å². The predicted octanol–water partition coefficient (Wildman–Crippen LogP) is 2.70. The van der Waals surface area contributed by atoms with Gasteiger partial charge in [-0.2, -0.15) is 5.10 Å². The molecule has 1 fully saturated rings. The lowest BCUT2D eigenvalue weighted by atomic mass is 9.94. The second-order valence-electron chi connectivity index (χ2n) is 6.92. The second kappa shape index (κ2) is 7.17. The number of aromatic amines is 1. The SMILES string of the molecule is O=C(NCc1ccccc1OC1CCC1)N[C@H]1CCc2[nH]ncc2C1. The summed E-state index contributed by atoms with van der Waals surface area (Å²) < 4.78 is 6.01. The lowest BCUT2D eigenvalue weighted by Gasteiger charge is -2.27. The van der Waals surface area contributed by atoms with E-state index in [4.69, 9.17) is 4.74 Å². The molecule has 0 bridgehead atoms. The number of fused-ring (bicyclic) bond motifs is 1. The van der Waals surface area contributed by atoms with E-state index < -0.39 is 0 Å². The zero-order valence-electron chi connectivity index (χ0n) is 14.3. The van der Waals surface area contributed by atoms with Gasteiger partial charge in [-0.15, -0.1) is 0 Å². The summed E-state index contributed by atoms with van der Waals surface area (Å²) in [6.45, 7) is 0.471. The molecule has 1 heterocycles. The van der Waals surface area contributed by atoms with Crippen molar-refractivity contribution in [1.29, 1.82) is 0 Å². The van der Waals surface area contributed by atoms with Crippen LogP contribution >= 0.6 is 0 Å². The van der Waals surface area contributed by atoms with Crippen LogP contribution in [0.1, 0.15) is 42.5 Å². The second-order valence-corrected chi connectivity index (χ2v) is 6.92. The first-order valence-electron chi connectivity index (χ1n) is 9.08. The summed E-state index contributed by atoms with van der Waals surface area (Å²) in [5, 5.41) is 13.1. The quantitative estimate of drug-likeness (QED) is 0.783. The molecule has 6 nitrogen and oxygen atoms in total. The standard InChI is InChI=1S/C19H24N4O2/c24-19(22-15-8-9-17-14(10-15)12-21-23-17)20-11-13-4-1-2-7-18(13)25-16-5-3-6-16/h1-2,4,7,12,15-16H,3,5-6,8-11H2,(H,21,23)(H2,20,22,24)/t15-/m0/s1. The molecule has 6 heteroatoms. The summed E-state index contributed by atoms with van der Waals surface area (Å²) in [6.07, 6.45) is 8.38. The van der Waals surface area contributed by atoms with Crippen molar-refractivity contribution in [2.75, 3.05) is 0 Å². The van der Waals surface area contributed by atoms with Gasteiger partial charge in [0.25, 0.3) is 0 Å². The maximum absolute atomic E-state index is 12.2. The molecule has 4 rings (SSSR count). The molecule has 0 radical (unpaired) electrons. The van der Waals surface area contributed by atoms with Gasteiger partial charge in [-0.05, 0) is 50.2 Å². The molecule has 1 saturated carbocycles. The summed E-state index contributed by atoms with van der Waals surface area (Å²) in [6, 6.07) is 7.97. The number of carbonyl (C=O) groups is 1. The molecular weight excluding hydrogens is 316 g/mol. The van der Waals surface area contributed by atoms with E-state index in [1.54, 1.807) is 0 Å². The minimum Gasteiger partial charge on any atom is -0.490 e. The first-order valence-corrected chi connectivity index (χ1v) is 9.08. The van der Waals surface area contributed by atoms with Gasteiger partial charge in [0, 0.05) is 23.8 Å². The Bertz CT molecular complexity index is 739. The molecule has 1 atom stereocenters. The molecule has 25 heavy (non-hydrogen) atoms. The number of aromatic nitrogens is 2. The third-order valence-electron chi connectivity index (χ3n) is 5.11. The zero-order chi connectivity index (χ0) is 17.1. The van der Waals surface area contributed by atoms with Crippen molar-refractivity contribution < 1.29 is 9.53 Å². The Morgan fingerprint density at radius 3 is 3.00 bits per heavy atom. The van der Waals surface area contributed by atoms with Gasteiger partial charge in [0.15, 0.2) is 0 Å². The Labute approximate surface area is 147 Å². The molecule has 2 amide bonds. The summed E-state index contributed by atoms with van der Waals surface area (Å²) in [4.78, 5) is 12.2. The lowest BCUT2D eigenvalue weighted by Crippen LogP contribution is -2.44. The van der Waals surface area contributed by atoms with Crippen LogP contribution < -0.4 is 15.4 Å². The maximum atomic E-state index is 12.2. The number of nitrogens with one attached hydrogen (secondary N) is 3. The van der Waals surface area contributed by atoms with Crippen molar-refractivity contribution in [3.8, 4) is 5.75 Å². The van der Waals surface area contributed by atoms with Gasteiger partial charge >= 0.3 is 6.03 Å². The molecule has 132 valence electrons. The topological polar surface area (TPSA) is 79.0 Å². The summed E-state index contributed by atoms with van der Waals surface area (Å²) in [5.41, 5.74) is 3.42. The molecular formula is C19H24N4O2. The average Bonchev–Trinajstić information content (AvgIpc) is 3.05. The minimum atomic E-state index is -0.129. The van der Waals surface area contributed by atoms with Crippen LogP contribution in [-0.4, -0.2) is 28.4 Å². The van der Waals surface area contributed by atoms with Crippen LogP contribution in [0.3, 0.4) is 0 Å². The van der Waals surface area contributed by atoms with Crippen molar-refractivity contribution in [2.45, 2.75) is 57.2 Å². The number of hydrogen-bond acceptors (Lipinski definition) is 3. The van der Waals surface area contributed by atoms with E-state index in [0.29, 0.717) is 12.6 Å². The van der Waals surface area contributed by atoms with Crippen LogP contribution in [0.2, 0.25) is 0 Å². The Morgan fingerprint density at radius 2 is 2.16 bits per heavy atom. The van der Waals surface area contributed by atoms with Crippen LogP contribution in [0.4, 0.5) is 4.79 Å². The zero-order valence-corrected chi connectivity index (χ0v) is 14.3. The lowest BCUT2D eigenvalue weighted by molar-refractivity contribution is 0.119. The van der Waals surface area contributed by atoms with Crippen LogP contribution in [-0.2, 0) is 19.4 Å². The van der Waals surface area contributed by atoms with E-state index >= 15 is 0 Å². The number of rotatable bonds is 5. The van der Waals surface area contributed by atoms with Crippen LogP contribution in [0.5, 0.6) is 5.75 Å². The van der Waals surface area contributed by atoms with Crippen LogP contribution in [0.25, 0.3) is 0 Å². The van der Waals surface area contributed by atoms with E-state index in [9.17, 15) is 4.79 Å². The predicted molar refractivity (Wildman–Crippen MR) is 94.5 cm³/mol. The highest BCUT2D eigenvalue weighted by Gasteiger charge is 2.22. The van der Waals surface area contributed by atoms with Crippen molar-refractivity contribution in [1.82, 2.24) is 20.8 Å². The van der Waals surface area contributed by atoms with E-state index in [0.717, 1.165) is 43.4 Å². The normalized spacial score (nSPS) is 19.6. The third kappa shape index (κ3) is 3.78. The van der Waals surface area contributed by atoms with Gasteiger partial charge in [0.2, 0.25) is 0 Å². The first kappa shape index (κ1) is 16.0. The van der Waals surface area contributed by atoms with Crippen LogP contribution in [0, 0.1) is 0 Å². The number of benzene rings is 1. The van der Waals surface area contributed by atoms with Crippen molar-refractivity contribution in [3.63, 3.8) is 0 Å². The molecule has 3 N–H and O–H groups in total. The molecule has 1 aromatic heterocycles. The summed E-state index contributed by atoms with van der Waals surface area (Å²) >= 11 is 0. The number of nitrogens with zero attached hydrogens (tertiary/aromatic N) is 1.